The zero-order valence-electron chi connectivity index (χ0n) is 8.33. The normalized spacial score (nSPS) is 10.1. The molecule has 78 valence electrons. The van der Waals surface area contributed by atoms with Crippen LogP contribution in [0.5, 0.6) is 5.75 Å². The van der Waals surface area contributed by atoms with Gasteiger partial charge in [0.05, 0.1) is 11.1 Å². The van der Waals surface area contributed by atoms with E-state index in [1.165, 1.54) is 11.5 Å². The number of rotatable bonds is 6. The number of halogens is 1. The van der Waals surface area contributed by atoms with Crippen LogP contribution in [-0.4, -0.2) is 18.1 Å². The Bertz CT molecular complexity index is 265. The standard InChI is InChI=1S/C11H15BrOS/c1-2-14-9-5-8-13-11-7-4-3-6-10(11)12/h3-4,6-7H,2,5,8-9H2,1H3. The third-order valence-corrected chi connectivity index (χ3v) is 3.37. The Hall–Kier alpha value is -0.150. The van der Waals surface area contributed by atoms with Gasteiger partial charge in [-0.25, -0.2) is 0 Å². The summed E-state index contributed by atoms with van der Waals surface area (Å²) in [4.78, 5) is 0. The van der Waals surface area contributed by atoms with Gasteiger partial charge < -0.3 is 4.74 Å². The summed E-state index contributed by atoms with van der Waals surface area (Å²) in [5.74, 6) is 3.31. The summed E-state index contributed by atoms with van der Waals surface area (Å²) in [6.45, 7) is 2.98. The van der Waals surface area contributed by atoms with Crippen LogP contribution < -0.4 is 4.74 Å². The minimum absolute atomic E-state index is 0.801. The van der Waals surface area contributed by atoms with Crippen molar-refractivity contribution in [3.05, 3.63) is 28.7 Å². The van der Waals surface area contributed by atoms with E-state index in [9.17, 15) is 0 Å². The molecular formula is C11H15BrOS. The second-order valence-corrected chi connectivity index (χ2v) is 5.08. The lowest BCUT2D eigenvalue weighted by Gasteiger charge is -2.07. The number of hydrogen-bond acceptors (Lipinski definition) is 2. The molecule has 1 aromatic carbocycles. The van der Waals surface area contributed by atoms with E-state index in [1.54, 1.807) is 0 Å². The van der Waals surface area contributed by atoms with Crippen LogP contribution in [0.25, 0.3) is 0 Å². The van der Waals surface area contributed by atoms with Crippen LogP contribution in [0.2, 0.25) is 0 Å². The minimum Gasteiger partial charge on any atom is -0.492 e. The third kappa shape index (κ3) is 4.38. The van der Waals surface area contributed by atoms with E-state index >= 15 is 0 Å². The SMILES string of the molecule is CCSCCCOc1ccccc1Br. The van der Waals surface area contributed by atoms with Crippen molar-refractivity contribution in [3.8, 4) is 5.75 Å². The highest BCUT2D eigenvalue weighted by atomic mass is 79.9. The summed E-state index contributed by atoms with van der Waals surface area (Å²) in [5, 5.41) is 0. The lowest BCUT2D eigenvalue weighted by molar-refractivity contribution is 0.317. The number of hydrogen-bond donors (Lipinski definition) is 0. The number of para-hydroxylation sites is 1. The van der Waals surface area contributed by atoms with Crippen molar-refractivity contribution >= 4 is 27.7 Å². The molecule has 1 aromatic rings. The van der Waals surface area contributed by atoms with E-state index in [-0.39, 0.29) is 0 Å². The molecule has 14 heavy (non-hydrogen) atoms. The van der Waals surface area contributed by atoms with Gasteiger partial charge in [0.2, 0.25) is 0 Å². The molecule has 0 radical (unpaired) electrons. The highest BCUT2D eigenvalue weighted by Crippen LogP contribution is 2.23. The van der Waals surface area contributed by atoms with Crippen molar-refractivity contribution in [3.63, 3.8) is 0 Å². The molecule has 0 spiro atoms. The first-order valence-corrected chi connectivity index (χ1v) is 6.74. The van der Waals surface area contributed by atoms with Gasteiger partial charge >= 0.3 is 0 Å². The van der Waals surface area contributed by atoms with E-state index in [2.05, 4.69) is 22.9 Å². The lowest BCUT2D eigenvalue weighted by atomic mass is 10.3. The molecule has 0 aromatic heterocycles. The average molecular weight is 275 g/mol. The highest BCUT2D eigenvalue weighted by molar-refractivity contribution is 9.10. The maximum Gasteiger partial charge on any atom is 0.133 e. The van der Waals surface area contributed by atoms with Gasteiger partial charge in [-0.05, 0) is 46.0 Å². The van der Waals surface area contributed by atoms with E-state index in [0.29, 0.717) is 0 Å². The van der Waals surface area contributed by atoms with Gasteiger partial charge in [-0.1, -0.05) is 19.1 Å². The predicted molar refractivity (Wildman–Crippen MR) is 67.3 cm³/mol. The molecular weight excluding hydrogens is 260 g/mol. The number of ether oxygens (including phenoxy) is 1. The van der Waals surface area contributed by atoms with Crippen molar-refractivity contribution < 1.29 is 4.74 Å². The van der Waals surface area contributed by atoms with Crippen molar-refractivity contribution in [2.75, 3.05) is 18.1 Å². The maximum atomic E-state index is 5.62. The zero-order chi connectivity index (χ0) is 10.2. The molecule has 1 nitrogen and oxygen atoms in total. The quantitative estimate of drug-likeness (QED) is 0.726. The van der Waals surface area contributed by atoms with Crippen molar-refractivity contribution in [2.45, 2.75) is 13.3 Å². The maximum absolute atomic E-state index is 5.62. The van der Waals surface area contributed by atoms with Crippen molar-refractivity contribution in [2.24, 2.45) is 0 Å². The monoisotopic (exact) mass is 274 g/mol. The van der Waals surface area contributed by atoms with Gasteiger partial charge in [-0.2, -0.15) is 11.8 Å². The zero-order valence-corrected chi connectivity index (χ0v) is 10.7. The van der Waals surface area contributed by atoms with Crippen LogP contribution in [0, 0.1) is 0 Å². The molecule has 0 saturated carbocycles. The summed E-state index contributed by atoms with van der Waals surface area (Å²) >= 11 is 5.40. The molecule has 0 unspecified atom stereocenters. The van der Waals surface area contributed by atoms with Crippen LogP contribution >= 0.6 is 27.7 Å². The van der Waals surface area contributed by atoms with E-state index < -0.39 is 0 Å². The Kier molecular flexibility index (Phi) is 6.12. The van der Waals surface area contributed by atoms with Crippen LogP contribution in [0.4, 0.5) is 0 Å². The number of thioether (sulfide) groups is 1. The predicted octanol–water partition coefficient (Wildman–Crippen LogP) is 3.97. The molecule has 0 aliphatic carbocycles. The fourth-order valence-electron chi connectivity index (χ4n) is 1.05. The molecule has 0 fully saturated rings. The summed E-state index contributed by atoms with van der Waals surface area (Å²) in [6.07, 6.45) is 1.11. The first-order valence-electron chi connectivity index (χ1n) is 4.79. The Balaban J connectivity index is 2.21. The summed E-state index contributed by atoms with van der Waals surface area (Å²) in [7, 11) is 0. The fraction of sp³-hybridized carbons (Fsp3) is 0.455. The Morgan fingerprint density at radius 2 is 2.14 bits per heavy atom. The number of benzene rings is 1. The summed E-state index contributed by atoms with van der Waals surface area (Å²) in [6, 6.07) is 7.96. The van der Waals surface area contributed by atoms with Gasteiger partial charge in [0.1, 0.15) is 5.75 Å². The smallest absolute Gasteiger partial charge is 0.133 e. The average Bonchev–Trinajstić information content (AvgIpc) is 2.20. The molecule has 0 heterocycles. The second-order valence-electron chi connectivity index (χ2n) is 2.83. The summed E-state index contributed by atoms with van der Waals surface area (Å²) < 4.78 is 6.65. The molecule has 0 aliphatic rings. The minimum atomic E-state index is 0.801. The molecule has 0 atom stereocenters. The topological polar surface area (TPSA) is 9.23 Å². The first-order chi connectivity index (χ1) is 6.84. The largest absolute Gasteiger partial charge is 0.492 e. The Labute approximate surface area is 98.4 Å². The van der Waals surface area contributed by atoms with Crippen LogP contribution in [-0.2, 0) is 0 Å². The lowest BCUT2D eigenvalue weighted by Crippen LogP contribution is -1.99. The highest BCUT2D eigenvalue weighted by Gasteiger charge is 1.97. The van der Waals surface area contributed by atoms with Crippen LogP contribution in [0.1, 0.15) is 13.3 Å². The van der Waals surface area contributed by atoms with E-state index in [1.807, 2.05) is 36.0 Å². The van der Waals surface area contributed by atoms with Gasteiger partial charge in [0.25, 0.3) is 0 Å². The third-order valence-electron chi connectivity index (χ3n) is 1.73. The molecule has 0 bridgehead atoms. The molecule has 0 N–H and O–H groups in total. The van der Waals surface area contributed by atoms with Gasteiger partial charge in [0.15, 0.2) is 0 Å². The first kappa shape index (κ1) is 11.9. The van der Waals surface area contributed by atoms with Crippen molar-refractivity contribution in [1.29, 1.82) is 0 Å². The van der Waals surface area contributed by atoms with Gasteiger partial charge in [-0.3, -0.25) is 0 Å². The fourth-order valence-corrected chi connectivity index (χ4v) is 2.06. The molecule has 3 heteroatoms. The molecule has 1 rings (SSSR count). The van der Waals surface area contributed by atoms with Gasteiger partial charge in [0, 0.05) is 0 Å². The van der Waals surface area contributed by atoms with Crippen LogP contribution in [0.15, 0.2) is 28.7 Å². The summed E-state index contributed by atoms with van der Waals surface area (Å²) in [5.41, 5.74) is 0. The van der Waals surface area contributed by atoms with Crippen molar-refractivity contribution in [1.82, 2.24) is 0 Å². The molecule has 0 saturated heterocycles. The van der Waals surface area contributed by atoms with Gasteiger partial charge in [-0.15, -0.1) is 0 Å². The van der Waals surface area contributed by atoms with E-state index in [0.717, 1.165) is 23.2 Å². The Morgan fingerprint density at radius 1 is 1.36 bits per heavy atom. The Morgan fingerprint density at radius 3 is 2.86 bits per heavy atom. The molecule has 0 aliphatic heterocycles. The van der Waals surface area contributed by atoms with E-state index in [4.69, 9.17) is 4.74 Å². The second kappa shape index (κ2) is 7.18. The molecule has 0 amide bonds. The van der Waals surface area contributed by atoms with Crippen LogP contribution in [0.3, 0.4) is 0 Å².